The summed E-state index contributed by atoms with van der Waals surface area (Å²) in [5, 5.41) is 2.40. The van der Waals surface area contributed by atoms with E-state index >= 15 is 0 Å². The molecule has 10 heteroatoms. The monoisotopic (exact) mass is 340 g/mol. The van der Waals surface area contributed by atoms with E-state index in [4.69, 9.17) is 4.74 Å². The maximum absolute atomic E-state index is 12.4. The highest BCUT2D eigenvalue weighted by molar-refractivity contribution is 7.89. The molecule has 0 fully saturated rings. The van der Waals surface area contributed by atoms with Crippen molar-refractivity contribution in [2.45, 2.75) is 11.1 Å². The Morgan fingerprint density at radius 1 is 1.23 bits per heavy atom. The average molecular weight is 340 g/mol. The van der Waals surface area contributed by atoms with E-state index in [1.807, 2.05) is 4.72 Å². The van der Waals surface area contributed by atoms with E-state index in [2.05, 4.69) is 5.32 Å². The number of hydrogen-bond donors (Lipinski definition) is 2. The number of methoxy groups -OCH3 is 1. The molecular weight excluding hydrogens is 325 g/mol. The number of carbonyl (C=O) groups is 1. The SMILES string of the molecule is COCCNC(=O)CNS(=O)(=O)c1ccc(C(F)(F)F)cc1. The van der Waals surface area contributed by atoms with Gasteiger partial charge in [0.05, 0.1) is 23.6 Å². The number of amides is 1. The first kappa shape index (κ1) is 18.4. The van der Waals surface area contributed by atoms with Crippen LogP contribution in [0.25, 0.3) is 0 Å². The Kier molecular flexibility index (Phi) is 6.33. The average Bonchev–Trinajstić information content (AvgIpc) is 2.45. The second kappa shape index (κ2) is 7.56. The molecule has 0 saturated carbocycles. The predicted octanol–water partition coefficient (Wildman–Crippen LogP) is 0.746. The molecule has 0 aromatic heterocycles. The van der Waals surface area contributed by atoms with Gasteiger partial charge in [0.25, 0.3) is 0 Å². The molecule has 2 N–H and O–H groups in total. The van der Waals surface area contributed by atoms with Crippen LogP contribution in [0.1, 0.15) is 5.56 Å². The molecular formula is C12H15F3N2O4S. The van der Waals surface area contributed by atoms with Crippen LogP contribution in [0.3, 0.4) is 0 Å². The molecule has 0 aliphatic heterocycles. The van der Waals surface area contributed by atoms with Crippen molar-refractivity contribution in [3.8, 4) is 0 Å². The summed E-state index contributed by atoms with van der Waals surface area (Å²) >= 11 is 0. The van der Waals surface area contributed by atoms with Gasteiger partial charge in [-0.3, -0.25) is 4.79 Å². The summed E-state index contributed by atoms with van der Waals surface area (Å²) in [5.74, 6) is -0.576. The van der Waals surface area contributed by atoms with Crippen molar-refractivity contribution in [3.05, 3.63) is 29.8 Å². The zero-order valence-corrected chi connectivity index (χ0v) is 12.4. The fourth-order valence-corrected chi connectivity index (χ4v) is 2.40. The molecule has 1 rings (SSSR count). The number of nitrogens with one attached hydrogen (secondary N) is 2. The van der Waals surface area contributed by atoms with Crippen molar-refractivity contribution in [1.29, 1.82) is 0 Å². The van der Waals surface area contributed by atoms with Crippen LogP contribution in [0.15, 0.2) is 29.2 Å². The first-order chi connectivity index (χ1) is 10.2. The van der Waals surface area contributed by atoms with Crippen molar-refractivity contribution < 1.29 is 31.1 Å². The van der Waals surface area contributed by atoms with Crippen LogP contribution < -0.4 is 10.0 Å². The second-order valence-corrected chi connectivity index (χ2v) is 5.96. The van der Waals surface area contributed by atoms with E-state index in [1.54, 1.807) is 0 Å². The number of rotatable bonds is 7. The Labute approximate surface area is 125 Å². The summed E-state index contributed by atoms with van der Waals surface area (Å²) in [6.07, 6.45) is -4.54. The highest BCUT2D eigenvalue weighted by Gasteiger charge is 2.30. The van der Waals surface area contributed by atoms with Gasteiger partial charge in [0, 0.05) is 13.7 Å². The Morgan fingerprint density at radius 2 is 1.82 bits per heavy atom. The first-order valence-corrected chi connectivity index (χ1v) is 7.57. The molecule has 124 valence electrons. The number of carbonyl (C=O) groups excluding carboxylic acids is 1. The number of halogens is 3. The zero-order chi connectivity index (χ0) is 16.8. The lowest BCUT2D eigenvalue weighted by Gasteiger charge is -2.09. The number of alkyl halides is 3. The second-order valence-electron chi connectivity index (χ2n) is 4.19. The van der Waals surface area contributed by atoms with E-state index in [0.29, 0.717) is 12.1 Å². The van der Waals surface area contributed by atoms with Crippen LogP contribution in [-0.2, 0) is 25.7 Å². The normalized spacial score (nSPS) is 12.2. The summed E-state index contributed by atoms with van der Waals surface area (Å²) < 4.78 is 67.5. The number of sulfonamides is 1. The van der Waals surface area contributed by atoms with Crippen molar-refractivity contribution >= 4 is 15.9 Å². The van der Waals surface area contributed by atoms with Crippen LogP contribution in [0.2, 0.25) is 0 Å². The van der Waals surface area contributed by atoms with E-state index in [1.165, 1.54) is 7.11 Å². The van der Waals surface area contributed by atoms with Gasteiger partial charge >= 0.3 is 6.18 Å². The molecule has 1 aromatic rings. The largest absolute Gasteiger partial charge is 0.416 e. The summed E-state index contributed by atoms with van der Waals surface area (Å²) in [7, 11) is -2.61. The molecule has 0 aliphatic carbocycles. The molecule has 1 amide bonds. The lowest BCUT2D eigenvalue weighted by Crippen LogP contribution is -2.38. The lowest BCUT2D eigenvalue weighted by atomic mass is 10.2. The van der Waals surface area contributed by atoms with Gasteiger partial charge in [0.1, 0.15) is 0 Å². The van der Waals surface area contributed by atoms with Gasteiger partial charge in [-0.05, 0) is 24.3 Å². The summed E-state index contributed by atoms with van der Waals surface area (Å²) in [6.45, 7) is -0.0260. The van der Waals surface area contributed by atoms with Gasteiger partial charge in [-0.25, -0.2) is 13.1 Å². The molecule has 0 spiro atoms. The molecule has 22 heavy (non-hydrogen) atoms. The fourth-order valence-electron chi connectivity index (χ4n) is 1.42. The zero-order valence-electron chi connectivity index (χ0n) is 11.6. The van der Waals surface area contributed by atoms with Crippen molar-refractivity contribution in [3.63, 3.8) is 0 Å². The number of benzene rings is 1. The molecule has 0 saturated heterocycles. The Balaban J connectivity index is 2.65. The van der Waals surface area contributed by atoms with Crippen molar-refractivity contribution in [1.82, 2.24) is 10.0 Å². The summed E-state index contributed by atoms with van der Waals surface area (Å²) in [5.41, 5.74) is -0.955. The van der Waals surface area contributed by atoms with Crippen molar-refractivity contribution in [2.24, 2.45) is 0 Å². The van der Waals surface area contributed by atoms with E-state index in [-0.39, 0.29) is 18.0 Å². The minimum Gasteiger partial charge on any atom is -0.383 e. The number of hydrogen-bond acceptors (Lipinski definition) is 4. The third-order valence-corrected chi connectivity index (χ3v) is 3.96. The molecule has 0 aliphatic rings. The van der Waals surface area contributed by atoms with Gasteiger partial charge in [-0.1, -0.05) is 0 Å². The van der Waals surface area contributed by atoms with E-state index < -0.39 is 34.2 Å². The van der Waals surface area contributed by atoms with Crippen LogP contribution in [0.4, 0.5) is 13.2 Å². The van der Waals surface area contributed by atoms with Gasteiger partial charge < -0.3 is 10.1 Å². The number of ether oxygens (including phenoxy) is 1. The molecule has 0 heterocycles. The maximum atomic E-state index is 12.4. The molecule has 0 bridgehead atoms. The minimum atomic E-state index is -4.54. The Morgan fingerprint density at radius 3 is 2.32 bits per heavy atom. The third-order valence-electron chi connectivity index (χ3n) is 2.54. The Hall–Kier alpha value is -1.65. The fraction of sp³-hybridized carbons (Fsp3) is 0.417. The molecule has 0 atom stereocenters. The third kappa shape index (κ3) is 5.62. The smallest absolute Gasteiger partial charge is 0.383 e. The lowest BCUT2D eigenvalue weighted by molar-refractivity contribution is -0.137. The van der Waals surface area contributed by atoms with Crippen LogP contribution in [0.5, 0.6) is 0 Å². The summed E-state index contributed by atoms with van der Waals surface area (Å²) in [6, 6.07) is 2.97. The van der Waals surface area contributed by atoms with Crippen LogP contribution in [-0.4, -0.2) is 41.1 Å². The predicted molar refractivity (Wildman–Crippen MR) is 71.5 cm³/mol. The minimum absolute atomic E-state index is 0.220. The molecule has 0 radical (unpaired) electrons. The van der Waals surface area contributed by atoms with Crippen LogP contribution in [0, 0.1) is 0 Å². The highest BCUT2D eigenvalue weighted by Crippen LogP contribution is 2.29. The molecule has 1 aromatic carbocycles. The standard InChI is InChI=1S/C12H15F3N2O4S/c1-21-7-6-16-11(18)8-17-22(19,20)10-4-2-9(3-5-10)12(13,14)15/h2-5,17H,6-8H2,1H3,(H,16,18). The molecule has 0 unspecified atom stereocenters. The highest BCUT2D eigenvalue weighted by atomic mass is 32.2. The van der Waals surface area contributed by atoms with Crippen LogP contribution >= 0.6 is 0 Å². The van der Waals surface area contributed by atoms with Gasteiger partial charge in [-0.15, -0.1) is 0 Å². The quantitative estimate of drug-likeness (QED) is 0.717. The van der Waals surface area contributed by atoms with E-state index in [0.717, 1.165) is 12.1 Å². The van der Waals surface area contributed by atoms with Gasteiger partial charge in [-0.2, -0.15) is 13.2 Å². The van der Waals surface area contributed by atoms with Crippen molar-refractivity contribution in [2.75, 3.05) is 26.8 Å². The Bertz CT molecular complexity index is 600. The van der Waals surface area contributed by atoms with E-state index in [9.17, 15) is 26.4 Å². The topological polar surface area (TPSA) is 84.5 Å². The summed E-state index contributed by atoms with van der Waals surface area (Å²) in [4.78, 5) is 11.0. The maximum Gasteiger partial charge on any atom is 0.416 e. The van der Waals surface area contributed by atoms with Gasteiger partial charge in [0.15, 0.2) is 0 Å². The first-order valence-electron chi connectivity index (χ1n) is 6.09. The molecule has 6 nitrogen and oxygen atoms in total. The van der Waals surface area contributed by atoms with Gasteiger partial charge in [0.2, 0.25) is 15.9 Å².